The summed E-state index contributed by atoms with van der Waals surface area (Å²) < 4.78 is 41.7. The van der Waals surface area contributed by atoms with Crippen LogP contribution in [0.4, 0.5) is 0 Å². The number of fused-ring (bicyclic) bond motifs is 4. The summed E-state index contributed by atoms with van der Waals surface area (Å²) in [6, 6.07) is 16.4. The predicted octanol–water partition coefficient (Wildman–Crippen LogP) is 5.64. The van der Waals surface area contributed by atoms with E-state index in [0.717, 1.165) is 41.7 Å². The molecule has 8 heteroatoms. The molecule has 2 aliphatic heterocycles. The summed E-state index contributed by atoms with van der Waals surface area (Å²) in [5, 5.41) is 9.14. The van der Waals surface area contributed by atoms with Crippen LogP contribution in [0.5, 0.6) is 17.2 Å². The van der Waals surface area contributed by atoms with Gasteiger partial charge in [-0.25, -0.2) is 8.42 Å². The van der Waals surface area contributed by atoms with Crippen LogP contribution in [0.25, 0.3) is 11.1 Å². The molecule has 1 N–H and O–H groups in total. The Morgan fingerprint density at radius 2 is 1.80 bits per heavy atom. The number of rotatable bonds is 7. The summed E-state index contributed by atoms with van der Waals surface area (Å²) in [7, 11) is -2.92. The van der Waals surface area contributed by atoms with Crippen LogP contribution in [0.3, 0.4) is 0 Å². The molecular weight excluding hydrogens is 528 g/mol. The first-order valence-corrected chi connectivity index (χ1v) is 15.8. The van der Waals surface area contributed by atoms with Crippen molar-refractivity contribution in [2.75, 3.05) is 18.1 Å². The highest BCUT2D eigenvalue weighted by atomic mass is 32.2. The molecule has 7 nitrogen and oxygen atoms in total. The van der Waals surface area contributed by atoms with Crippen molar-refractivity contribution in [3.05, 3.63) is 76.3 Å². The summed E-state index contributed by atoms with van der Waals surface area (Å²) in [5.74, 6) is 1.66. The number of aliphatic carboxylic acids is 1. The fourth-order valence-electron chi connectivity index (χ4n) is 6.18. The topological polar surface area (TPSA) is 99.1 Å². The second-order valence-corrected chi connectivity index (χ2v) is 13.5. The Morgan fingerprint density at radius 1 is 1.00 bits per heavy atom. The standard InChI is InChI=1S/C32H34O7S/c1-20-13-27(39-25-9-11-40(35,36)12-10-25)15-23-4-2-3-22-6-5-21(14-29(22)32(20)23)18-37-26-7-8-28-24(16-31(33)34)19-38-30(28)17-26/h5-8,13-15,17,24-25H,2-4,9-12,16,18-19H2,1H3,(H,33,34)/t24-/m1/s1. The van der Waals surface area contributed by atoms with E-state index in [-0.39, 0.29) is 29.9 Å². The molecule has 0 unspecified atom stereocenters. The first-order chi connectivity index (χ1) is 19.2. The SMILES string of the molecule is Cc1cc(OC2CCS(=O)(=O)CC2)cc2c1-c1cc(COc3ccc4c(c3)OC[C@H]4CC(=O)O)ccc1CCC2. The van der Waals surface area contributed by atoms with E-state index in [0.29, 0.717) is 37.6 Å². The number of sulfone groups is 1. The first kappa shape index (κ1) is 26.7. The Morgan fingerprint density at radius 3 is 2.60 bits per heavy atom. The first-order valence-electron chi connectivity index (χ1n) is 14.0. The molecule has 210 valence electrons. The Hall–Kier alpha value is -3.52. The Kier molecular flexibility index (Phi) is 7.21. The van der Waals surface area contributed by atoms with Crippen LogP contribution in [0, 0.1) is 6.92 Å². The molecule has 1 fully saturated rings. The van der Waals surface area contributed by atoms with E-state index in [1.165, 1.54) is 22.3 Å². The molecule has 3 aromatic carbocycles. The number of hydrogen-bond donors (Lipinski definition) is 1. The van der Waals surface area contributed by atoms with Crippen molar-refractivity contribution in [2.45, 2.75) is 64.1 Å². The summed E-state index contributed by atoms with van der Waals surface area (Å²) >= 11 is 0. The third-order valence-corrected chi connectivity index (χ3v) is 9.94. The molecule has 0 amide bonds. The third-order valence-electron chi connectivity index (χ3n) is 8.22. The molecule has 0 radical (unpaired) electrons. The summed E-state index contributed by atoms with van der Waals surface area (Å²) in [6.45, 7) is 2.91. The maximum Gasteiger partial charge on any atom is 0.304 e. The van der Waals surface area contributed by atoms with Crippen LogP contribution in [-0.2, 0) is 34.1 Å². The Balaban J connectivity index is 1.19. The lowest BCUT2D eigenvalue weighted by Gasteiger charge is -2.24. The lowest BCUT2D eigenvalue weighted by atomic mass is 9.91. The van der Waals surface area contributed by atoms with Gasteiger partial charge < -0.3 is 19.3 Å². The van der Waals surface area contributed by atoms with E-state index in [1.807, 2.05) is 18.2 Å². The van der Waals surface area contributed by atoms with Crippen LogP contribution in [0.15, 0.2) is 48.5 Å². The number of carboxylic acids is 1. The quantitative estimate of drug-likeness (QED) is 0.398. The number of ether oxygens (including phenoxy) is 3. The summed E-state index contributed by atoms with van der Waals surface area (Å²) in [5.41, 5.74) is 8.22. The molecular formula is C32H34O7S. The molecule has 1 atom stereocenters. The molecule has 0 aromatic heterocycles. The van der Waals surface area contributed by atoms with E-state index < -0.39 is 15.8 Å². The van der Waals surface area contributed by atoms with Crippen LogP contribution in [0.1, 0.15) is 59.4 Å². The number of carboxylic acid groups (broad SMARTS) is 1. The highest BCUT2D eigenvalue weighted by Gasteiger charge is 2.27. The van der Waals surface area contributed by atoms with E-state index in [1.54, 1.807) is 0 Å². The van der Waals surface area contributed by atoms with Gasteiger partial charge in [0.25, 0.3) is 0 Å². The highest BCUT2D eigenvalue weighted by Crippen LogP contribution is 2.40. The van der Waals surface area contributed by atoms with Gasteiger partial charge in [-0.2, -0.15) is 0 Å². The highest BCUT2D eigenvalue weighted by molar-refractivity contribution is 7.91. The average Bonchev–Trinajstić information content (AvgIpc) is 3.20. The minimum absolute atomic E-state index is 0.0573. The molecule has 3 aliphatic rings. The van der Waals surface area contributed by atoms with Gasteiger partial charge >= 0.3 is 5.97 Å². The zero-order valence-electron chi connectivity index (χ0n) is 22.6. The summed E-state index contributed by atoms with van der Waals surface area (Å²) in [4.78, 5) is 11.1. The fourth-order valence-corrected chi connectivity index (χ4v) is 7.63. The molecule has 0 spiro atoms. The van der Waals surface area contributed by atoms with Crippen LogP contribution >= 0.6 is 0 Å². The predicted molar refractivity (Wildman–Crippen MR) is 152 cm³/mol. The van der Waals surface area contributed by atoms with Crippen LogP contribution < -0.4 is 14.2 Å². The molecule has 0 saturated carbocycles. The van der Waals surface area contributed by atoms with Crippen LogP contribution in [-0.4, -0.2) is 43.7 Å². The van der Waals surface area contributed by atoms with Gasteiger partial charge in [-0.1, -0.05) is 18.2 Å². The molecule has 1 saturated heterocycles. The second kappa shape index (κ2) is 10.8. The van der Waals surface area contributed by atoms with Gasteiger partial charge in [0.1, 0.15) is 30.0 Å². The van der Waals surface area contributed by atoms with Gasteiger partial charge in [-0.15, -0.1) is 0 Å². The van der Waals surface area contributed by atoms with Crippen molar-refractivity contribution in [3.63, 3.8) is 0 Å². The molecule has 2 heterocycles. The summed E-state index contributed by atoms with van der Waals surface area (Å²) in [6.07, 6.45) is 4.11. The van der Waals surface area contributed by atoms with E-state index >= 15 is 0 Å². The largest absolute Gasteiger partial charge is 0.492 e. The third kappa shape index (κ3) is 5.68. The minimum atomic E-state index is -2.92. The normalized spacial score (nSPS) is 19.5. The van der Waals surface area contributed by atoms with Crippen molar-refractivity contribution in [2.24, 2.45) is 0 Å². The zero-order chi connectivity index (χ0) is 27.9. The van der Waals surface area contributed by atoms with Gasteiger partial charge in [-0.05, 0) is 96.7 Å². The number of hydrogen-bond acceptors (Lipinski definition) is 6. The molecule has 0 bridgehead atoms. The van der Waals surface area contributed by atoms with Crippen molar-refractivity contribution in [3.8, 4) is 28.4 Å². The maximum absolute atomic E-state index is 11.8. The number of benzene rings is 3. The second-order valence-electron chi connectivity index (χ2n) is 11.2. The van der Waals surface area contributed by atoms with Crippen molar-refractivity contribution in [1.82, 2.24) is 0 Å². The van der Waals surface area contributed by atoms with Gasteiger partial charge in [0.2, 0.25) is 0 Å². The van der Waals surface area contributed by atoms with Crippen molar-refractivity contribution in [1.29, 1.82) is 0 Å². The van der Waals surface area contributed by atoms with Gasteiger partial charge in [-0.3, -0.25) is 4.79 Å². The van der Waals surface area contributed by atoms with Crippen molar-refractivity contribution < 1.29 is 32.5 Å². The Labute approximate surface area is 235 Å². The fraction of sp³-hybridized carbons (Fsp3) is 0.406. The minimum Gasteiger partial charge on any atom is -0.492 e. The van der Waals surface area contributed by atoms with Gasteiger partial charge in [0.05, 0.1) is 24.5 Å². The number of aryl methyl sites for hydroxylation is 3. The van der Waals surface area contributed by atoms with E-state index in [2.05, 4.69) is 37.3 Å². The lowest BCUT2D eigenvalue weighted by Crippen LogP contribution is -2.30. The smallest absolute Gasteiger partial charge is 0.304 e. The van der Waals surface area contributed by atoms with Crippen LogP contribution in [0.2, 0.25) is 0 Å². The molecule has 40 heavy (non-hydrogen) atoms. The lowest BCUT2D eigenvalue weighted by molar-refractivity contribution is -0.137. The molecule has 6 rings (SSSR count). The maximum atomic E-state index is 11.8. The van der Waals surface area contributed by atoms with E-state index in [9.17, 15) is 13.2 Å². The Bertz CT molecular complexity index is 1550. The van der Waals surface area contributed by atoms with Crippen molar-refractivity contribution >= 4 is 15.8 Å². The van der Waals surface area contributed by atoms with Gasteiger partial charge in [0.15, 0.2) is 9.84 Å². The monoisotopic (exact) mass is 562 g/mol. The van der Waals surface area contributed by atoms with E-state index in [4.69, 9.17) is 19.3 Å². The molecule has 3 aromatic rings. The molecule has 1 aliphatic carbocycles. The van der Waals surface area contributed by atoms with Gasteiger partial charge in [0, 0.05) is 17.5 Å². The average molecular weight is 563 g/mol. The number of carbonyl (C=O) groups is 1. The zero-order valence-corrected chi connectivity index (χ0v) is 23.5.